The molecular weight excluding hydrogens is 402 g/mol. The molecule has 1 amide bonds. The normalized spacial score (nSPS) is 17.1. The van der Waals surface area contributed by atoms with Crippen molar-refractivity contribution in [3.05, 3.63) is 71.8 Å². The van der Waals surface area contributed by atoms with Gasteiger partial charge in [0.2, 0.25) is 0 Å². The third kappa shape index (κ3) is 5.77. The Bertz CT molecular complexity index is 838. The summed E-state index contributed by atoms with van der Waals surface area (Å²) in [6, 6.07) is 20.5. The molecule has 1 saturated heterocycles. The average Bonchev–Trinajstić information content (AvgIpc) is 2.77. The third-order valence-electron chi connectivity index (χ3n) is 6.43. The summed E-state index contributed by atoms with van der Waals surface area (Å²) >= 11 is 0. The molecule has 0 N–H and O–H groups in total. The lowest BCUT2D eigenvalue weighted by molar-refractivity contribution is -0.0202. The summed E-state index contributed by atoms with van der Waals surface area (Å²) in [4.78, 5) is 14.6. The van der Waals surface area contributed by atoms with Crippen LogP contribution in [-0.2, 0) is 21.2 Å². The highest BCUT2D eigenvalue weighted by molar-refractivity contribution is 6.31. The van der Waals surface area contributed by atoms with Crippen molar-refractivity contribution in [1.82, 2.24) is 4.90 Å². The van der Waals surface area contributed by atoms with Crippen LogP contribution < -0.4 is 0 Å². The van der Waals surface area contributed by atoms with Crippen LogP contribution in [0.3, 0.4) is 0 Å². The van der Waals surface area contributed by atoms with Gasteiger partial charge in [0.15, 0.2) is 9.76 Å². The first-order chi connectivity index (χ1) is 14.6. The highest BCUT2D eigenvalue weighted by Gasteiger charge is 2.49. The first-order valence-corrected chi connectivity index (χ1v) is 12.6. The summed E-state index contributed by atoms with van der Waals surface area (Å²) in [5.74, 6) is 0. The van der Waals surface area contributed by atoms with E-state index in [1.54, 1.807) is 0 Å². The predicted molar refractivity (Wildman–Crippen MR) is 129 cm³/mol. The number of nitrogens with zero attached hydrogens (tertiary/aromatic N) is 1. The lowest BCUT2D eigenvalue weighted by atomic mass is 9.63. The van der Waals surface area contributed by atoms with Crippen molar-refractivity contribution < 1.29 is 14.0 Å². The Hall–Kier alpha value is -2.11. The number of rotatable bonds is 6. The highest BCUT2D eigenvalue weighted by Crippen LogP contribution is 2.46. The van der Waals surface area contributed by atoms with E-state index >= 15 is 0 Å². The lowest BCUT2D eigenvalue weighted by Crippen LogP contribution is -2.57. The summed E-state index contributed by atoms with van der Waals surface area (Å²) in [5.41, 5.74) is 1.89. The van der Waals surface area contributed by atoms with Crippen LogP contribution >= 0.6 is 0 Å². The van der Waals surface area contributed by atoms with E-state index in [0.717, 1.165) is 18.4 Å². The van der Waals surface area contributed by atoms with Gasteiger partial charge in [0, 0.05) is 18.5 Å². The second kappa shape index (κ2) is 9.57. The topological polar surface area (TPSA) is 38.8 Å². The van der Waals surface area contributed by atoms with Gasteiger partial charge >= 0.3 is 6.09 Å². The number of carbonyl (C=O) groups is 1. The summed E-state index contributed by atoms with van der Waals surface area (Å²) in [6.07, 6.45) is 1.50. The molecular formula is C26H37NO3Si. The number of ether oxygens (including phenoxy) is 1. The third-order valence-corrected chi connectivity index (χ3v) is 8.16. The van der Waals surface area contributed by atoms with Gasteiger partial charge in [-0.2, -0.15) is 0 Å². The van der Waals surface area contributed by atoms with Crippen LogP contribution in [0, 0.1) is 0 Å². The fourth-order valence-electron chi connectivity index (χ4n) is 4.41. The number of piperidine rings is 1. The Labute approximate surface area is 189 Å². The molecule has 3 rings (SSSR count). The molecule has 0 atom stereocenters. The van der Waals surface area contributed by atoms with Crippen molar-refractivity contribution in [3.8, 4) is 0 Å². The summed E-state index contributed by atoms with van der Waals surface area (Å²) in [5, 5.41) is 0.233. The number of benzene rings is 2. The summed E-state index contributed by atoms with van der Waals surface area (Å²) < 4.78 is 12.3. The SMILES string of the molecule is CC(C)(C)[SiH2]OC(C)(C)C1(c2ccccc2)CCN(C(=O)OCc2ccccc2)CC1. The molecule has 1 aliphatic rings. The van der Waals surface area contributed by atoms with Crippen LogP contribution in [0.5, 0.6) is 0 Å². The Morgan fingerprint density at radius 1 is 0.935 bits per heavy atom. The van der Waals surface area contributed by atoms with Gasteiger partial charge in [0.05, 0.1) is 5.60 Å². The maximum Gasteiger partial charge on any atom is 0.410 e. The van der Waals surface area contributed by atoms with Crippen molar-refractivity contribution in [1.29, 1.82) is 0 Å². The molecule has 1 fully saturated rings. The van der Waals surface area contributed by atoms with Gasteiger partial charge in [-0.1, -0.05) is 81.4 Å². The zero-order valence-electron chi connectivity index (χ0n) is 19.7. The monoisotopic (exact) mass is 439 g/mol. The molecule has 1 heterocycles. The van der Waals surface area contributed by atoms with Gasteiger partial charge in [-0.05, 0) is 42.9 Å². The molecule has 0 unspecified atom stereocenters. The van der Waals surface area contributed by atoms with Crippen molar-refractivity contribution in [2.75, 3.05) is 13.1 Å². The van der Waals surface area contributed by atoms with Gasteiger partial charge in [0.25, 0.3) is 0 Å². The maximum absolute atomic E-state index is 12.7. The van der Waals surface area contributed by atoms with Crippen molar-refractivity contribution in [3.63, 3.8) is 0 Å². The predicted octanol–water partition coefficient (Wildman–Crippen LogP) is 5.45. The van der Waals surface area contributed by atoms with E-state index in [4.69, 9.17) is 9.16 Å². The number of likely N-dealkylation sites (tertiary alicyclic amines) is 1. The van der Waals surface area contributed by atoms with Crippen LogP contribution in [0.4, 0.5) is 4.79 Å². The standard InChI is InChI=1S/C26H37NO3Si/c1-24(2,3)31-30-25(4,5)26(22-14-10-7-11-15-22)16-18-27(19-17-26)23(28)29-20-21-12-8-6-9-13-21/h6-15H,16-20,31H2,1-5H3. The van der Waals surface area contributed by atoms with Crippen LogP contribution in [0.25, 0.3) is 0 Å². The molecule has 1 aliphatic heterocycles. The Balaban J connectivity index is 1.72. The first-order valence-electron chi connectivity index (χ1n) is 11.3. The molecule has 0 bridgehead atoms. The van der Waals surface area contributed by atoms with Gasteiger partial charge in [-0.25, -0.2) is 4.79 Å². The van der Waals surface area contributed by atoms with E-state index in [1.165, 1.54) is 5.56 Å². The number of carbonyl (C=O) groups excluding carboxylic acids is 1. The fraction of sp³-hybridized carbons (Fsp3) is 0.500. The van der Waals surface area contributed by atoms with Gasteiger partial charge < -0.3 is 14.1 Å². The average molecular weight is 440 g/mol. The summed E-state index contributed by atoms with van der Waals surface area (Å²) in [6.45, 7) is 12.9. The number of hydrogen-bond acceptors (Lipinski definition) is 3. The van der Waals surface area contributed by atoms with E-state index in [1.807, 2.05) is 35.2 Å². The zero-order valence-corrected chi connectivity index (χ0v) is 21.1. The summed E-state index contributed by atoms with van der Waals surface area (Å²) in [7, 11) is -0.713. The largest absolute Gasteiger partial charge is 0.445 e. The van der Waals surface area contributed by atoms with Crippen molar-refractivity contribution in [2.24, 2.45) is 0 Å². The number of hydrogen-bond donors (Lipinski definition) is 0. The first kappa shape index (κ1) is 23.5. The van der Waals surface area contributed by atoms with Crippen LogP contribution in [0.15, 0.2) is 60.7 Å². The molecule has 168 valence electrons. The molecule has 0 aliphatic carbocycles. The van der Waals surface area contributed by atoms with E-state index in [2.05, 4.69) is 65.0 Å². The molecule has 0 spiro atoms. The lowest BCUT2D eigenvalue weighted by Gasteiger charge is -2.52. The maximum atomic E-state index is 12.7. The van der Waals surface area contributed by atoms with E-state index in [-0.39, 0.29) is 22.1 Å². The highest BCUT2D eigenvalue weighted by atomic mass is 28.2. The molecule has 31 heavy (non-hydrogen) atoms. The smallest absolute Gasteiger partial charge is 0.410 e. The minimum atomic E-state index is -0.713. The zero-order chi connectivity index (χ0) is 22.5. The number of amides is 1. The van der Waals surface area contributed by atoms with E-state index < -0.39 is 9.76 Å². The Morgan fingerprint density at radius 3 is 2.03 bits per heavy atom. The van der Waals surface area contributed by atoms with Crippen LogP contribution in [0.1, 0.15) is 58.6 Å². The van der Waals surface area contributed by atoms with Gasteiger partial charge in [-0.3, -0.25) is 0 Å². The van der Waals surface area contributed by atoms with Gasteiger partial charge in [0.1, 0.15) is 6.61 Å². The fourth-order valence-corrected chi connectivity index (χ4v) is 5.48. The Morgan fingerprint density at radius 2 is 1.48 bits per heavy atom. The van der Waals surface area contributed by atoms with Crippen molar-refractivity contribution >= 4 is 15.9 Å². The minimum Gasteiger partial charge on any atom is -0.445 e. The van der Waals surface area contributed by atoms with Crippen molar-refractivity contribution in [2.45, 2.75) is 70.1 Å². The Kier molecular flexibility index (Phi) is 7.27. The molecule has 0 radical (unpaired) electrons. The minimum absolute atomic E-state index is 0.122. The quantitative estimate of drug-likeness (QED) is 0.562. The second-order valence-electron chi connectivity index (χ2n) is 10.3. The van der Waals surface area contributed by atoms with E-state index in [9.17, 15) is 4.79 Å². The molecule has 2 aromatic carbocycles. The van der Waals surface area contributed by atoms with Gasteiger partial charge in [-0.15, -0.1) is 0 Å². The molecule has 0 saturated carbocycles. The molecule has 0 aromatic heterocycles. The van der Waals surface area contributed by atoms with E-state index in [0.29, 0.717) is 19.7 Å². The second-order valence-corrected chi connectivity index (χ2v) is 13.0. The van der Waals surface area contributed by atoms with Crippen LogP contribution in [0.2, 0.25) is 5.04 Å². The molecule has 4 nitrogen and oxygen atoms in total. The molecule has 2 aromatic rings. The van der Waals surface area contributed by atoms with Crippen LogP contribution in [-0.4, -0.2) is 39.4 Å². The molecule has 5 heteroatoms.